The van der Waals surface area contributed by atoms with Crippen molar-refractivity contribution in [3.05, 3.63) is 29.3 Å². The molecule has 2 N–H and O–H groups in total. The Morgan fingerprint density at radius 1 is 1.32 bits per heavy atom. The number of methoxy groups -OCH3 is 1. The fourth-order valence-corrected chi connectivity index (χ4v) is 3.20. The number of hydrogen-bond donors (Lipinski definition) is 1. The second kappa shape index (κ2) is 5.91. The Balaban J connectivity index is 2.47. The Labute approximate surface area is 115 Å². The molecule has 106 valence electrons. The largest absolute Gasteiger partial charge is 0.496 e. The zero-order valence-corrected chi connectivity index (χ0v) is 11.9. The number of alkyl halides is 1. The van der Waals surface area contributed by atoms with Crippen molar-refractivity contribution >= 4 is 0 Å². The summed E-state index contributed by atoms with van der Waals surface area (Å²) < 4.78 is 19.1. The highest BCUT2D eigenvalue weighted by Gasteiger charge is 2.35. The van der Waals surface area contributed by atoms with E-state index in [0.29, 0.717) is 12.1 Å². The first kappa shape index (κ1) is 14.3. The molecule has 0 aromatic heterocycles. The van der Waals surface area contributed by atoms with Crippen molar-refractivity contribution in [3.63, 3.8) is 0 Å². The van der Waals surface area contributed by atoms with Crippen LogP contribution in [-0.4, -0.2) is 13.7 Å². The molecule has 0 amide bonds. The summed E-state index contributed by atoms with van der Waals surface area (Å²) in [4.78, 5) is 0. The molecule has 0 spiro atoms. The fraction of sp³-hybridized carbons (Fsp3) is 0.625. The summed E-state index contributed by atoms with van der Waals surface area (Å²) in [5.41, 5.74) is 7.85. The molecule has 1 saturated carbocycles. The van der Waals surface area contributed by atoms with Gasteiger partial charge in [0.25, 0.3) is 0 Å². The Kier molecular flexibility index (Phi) is 4.46. The van der Waals surface area contributed by atoms with Crippen LogP contribution < -0.4 is 10.5 Å². The third kappa shape index (κ3) is 2.76. The van der Waals surface area contributed by atoms with Crippen molar-refractivity contribution in [2.75, 3.05) is 13.7 Å². The molecule has 19 heavy (non-hydrogen) atoms. The van der Waals surface area contributed by atoms with Gasteiger partial charge in [0.2, 0.25) is 0 Å². The highest BCUT2D eigenvalue weighted by Crippen LogP contribution is 2.43. The molecule has 2 rings (SSSR count). The van der Waals surface area contributed by atoms with Crippen molar-refractivity contribution in [2.45, 2.75) is 50.6 Å². The lowest BCUT2D eigenvalue weighted by molar-refractivity contribution is 0.286. The van der Waals surface area contributed by atoms with Crippen molar-refractivity contribution in [1.82, 2.24) is 0 Å². The van der Waals surface area contributed by atoms with E-state index in [1.807, 2.05) is 12.1 Å². The van der Waals surface area contributed by atoms with E-state index in [1.165, 1.54) is 19.3 Å². The van der Waals surface area contributed by atoms with Crippen LogP contribution in [0.1, 0.15) is 56.3 Å². The van der Waals surface area contributed by atoms with E-state index in [0.717, 1.165) is 24.2 Å². The van der Waals surface area contributed by atoms with Gasteiger partial charge < -0.3 is 10.5 Å². The Morgan fingerprint density at radius 3 is 2.53 bits per heavy atom. The van der Waals surface area contributed by atoms with Crippen LogP contribution in [-0.2, 0) is 5.41 Å². The van der Waals surface area contributed by atoms with Gasteiger partial charge in [0.05, 0.1) is 7.11 Å². The summed E-state index contributed by atoms with van der Waals surface area (Å²) in [6.45, 7) is 2.18. The van der Waals surface area contributed by atoms with Crippen molar-refractivity contribution in [1.29, 1.82) is 0 Å². The van der Waals surface area contributed by atoms with Gasteiger partial charge in [-0.15, -0.1) is 0 Å². The van der Waals surface area contributed by atoms with Gasteiger partial charge in [-0.2, -0.15) is 0 Å². The first-order valence-electron chi connectivity index (χ1n) is 7.15. The first-order valence-corrected chi connectivity index (χ1v) is 7.15. The molecule has 0 heterocycles. The molecule has 1 aliphatic carbocycles. The summed E-state index contributed by atoms with van der Waals surface area (Å²) >= 11 is 0. The van der Waals surface area contributed by atoms with Gasteiger partial charge in [0, 0.05) is 17.5 Å². The summed E-state index contributed by atoms with van der Waals surface area (Å²) in [7, 11) is 1.67. The predicted octanol–water partition coefficient (Wildman–Crippen LogP) is 3.89. The maximum atomic E-state index is 13.6. The van der Waals surface area contributed by atoms with Crippen LogP contribution in [0.2, 0.25) is 0 Å². The second-order valence-electron chi connectivity index (χ2n) is 5.62. The molecule has 1 aromatic carbocycles. The van der Waals surface area contributed by atoms with E-state index < -0.39 is 6.17 Å². The molecule has 2 nitrogen and oxygen atoms in total. The van der Waals surface area contributed by atoms with Gasteiger partial charge in [0.15, 0.2) is 0 Å². The minimum Gasteiger partial charge on any atom is -0.496 e. The molecule has 0 radical (unpaired) electrons. The van der Waals surface area contributed by atoms with E-state index in [4.69, 9.17) is 10.5 Å². The SMILES string of the molecule is COc1ccc(C(C)F)cc1C1(CN)CCCCC1. The average Bonchev–Trinajstić information content (AvgIpc) is 2.47. The molecule has 1 unspecified atom stereocenters. The molecule has 1 fully saturated rings. The zero-order valence-electron chi connectivity index (χ0n) is 11.9. The van der Waals surface area contributed by atoms with Gasteiger partial charge >= 0.3 is 0 Å². The topological polar surface area (TPSA) is 35.2 Å². The van der Waals surface area contributed by atoms with E-state index in [1.54, 1.807) is 20.1 Å². The zero-order chi connectivity index (χ0) is 13.9. The molecular formula is C16H24FNO. The number of nitrogens with two attached hydrogens (primary N) is 1. The van der Waals surface area contributed by atoms with Crippen LogP contribution in [0.15, 0.2) is 18.2 Å². The van der Waals surface area contributed by atoms with Crippen LogP contribution in [0.4, 0.5) is 4.39 Å². The summed E-state index contributed by atoms with van der Waals surface area (Å²) in [6.07, 6.45) is 4.84. The van der Waals surface area contributed by atoms with Crippen LogP contribution in [0.3, 0.4) is 0 Å². The molecule has 3 heteroatoms. The molecule has 1 atom stereocenters. The van der Waals surface area contributed by atoms with Crippen molar-refractivity contribution in [3.8, 4) is 5.75 Å². The second-order valence-corrected chi connectivity index (χ2v) is 5.62. The number of ether oxygens (including phenoxy) is 1. The van der Waals surface area contributed by atoms with Gasteiger partial charge in [0.1, 0.15) is 11.9 Å². The van der Waals surface area contributed by atoms with Gasteiger partial charge in [-0.25, -0.2) is 4.39 Å². The highest BCUT2D eigenvalue weighted by atomic mass is 19.1. The van der Waals surface area contributed by atoms with Gasteiger partial charge in [-0.3, -0.25) is 0 Å². The quantitative estimate of drug-likeness (QED) is 0.896. The highest BCUT2D eigenvalue weighted by molar-refractivity contribution is 5.44. The van der Waals surface area contributed by atoms with Crippen molar-refractivity contribution < 1.29 is 9.13 Å². The smallest absolute Gasteiger partial charge is 0.122 e. The predicted molar refractivity (Wildman–Crippen MR) is 76.3 cm³/mol. The Bertz CT molecular complexity index is 425. The van der Waals surface area contributed by atoms with Gasteiger partial charge in [-0.05, 0) is 37.5 Å². The normalized spacial score (nSPS) is 20.0. The fourth-order valence-electron chi connectivity index (χ4n) is 3.20. The van der Waals surface area contributed by atoms with Gasteiger partial charge in [-0.1, -0.05) is 25.3 Å². The number of hydrogen-bond acceptors (Lipinski definition) is 2. The third-order valence-electron chi connectivity index (χ3n) is 4.46. The number of halogens is 1. The summed E-state index contributed by atoms with van der Waals surface area (Å²) in [6, 6.07) is 5.65. The van der Waals surface area contributed by atoms with Crippen LogP contribution >= 0.6 is 0 Å². The van der Waals surface area contributed by atoms with Crippen molar-refractivity contribution in [2.24, 2.45) is 5.73 Å². The van der Waals surface area contributed by atoms with Crippen LogP contribution in [0.25, 0.3) is 0 Å². The molecule has 0 bridgehead atoms. The number of benzene rings is 1. The molecule has 0 aliphatic heterocycles. The average molecular weight is 265 g/mol. The lowest BCUT2D eigenvalue weighted by Gasteiger charge is -2.38. The van der Waals surface area contributed by atoms with E-state index in [2.05, 4.69) is 0 Å². The van der Waals surface area contributed by atoms with E-state index in [9.17, 15) is 4.39 Å². The molecule has 0 saturated heterocycles. The standard InChI is InChI=1S/C16H24FNO/c1-12(17)13-6-7-15(19-2)14(10-13)16(11-18)8-4-3-5-9-16/h6-7,10,12H,3-5,8-9,11,18H2,1-2H3. The third-order valence-corrected chi connectivity index (χ3v) is 4.46. The minimum absolute atomic E-state index is 0.0332. The first-order chi connectivity index (χ1) is 9.13. The molecular weight excluding hydrogens is 241 g/mol. The molecule has 1 aliphatic rings. The van der Waals surface area contributed by atoms with Crippen LogP contribution in [0.5, 0.6) is 5.75 Å². The monoisotopic (exact) mass is 265 g/mol. The van der Waals surface area contributed by atoms with E-state index in [-0.39, 0.29) is 5.41 Å². The van der Waals surface area contributed by atoms with Crippen LogP contribution in [0, 0.1) is 0 Å². The minimum atomic E-state index is -0.955. The lowest BCUT2D eigenvalue weighted by atomic mass is 9.69. The lowest BCUT2D eigenvalue weighted by Crippen LogP contribution is -2.37. The molecule has 1 aromatic rings. The summed E-state index contributed by atoms with van der Waals surface area (Å²) in [5.74, 6) is 0.844. The number of rotatable bonds is 4. The Hall–Kier alpha value is -1.09. The maximum absolute atomic E-state index is 13.6. The van der Waals surface area contributed by atoms with E-state index >= 15 is 0 Å². The summed E-state index contributed by atoms with van der Waals surface area (Å²) in [5, 5.41) is 0. The maximum Gasteiger partial charge on any atom is 0.122 e. The Morgan fingerprint density at radius 2 is 2.00 bits per heavy atom.